The average molecular weight is 277 g/mol. The van der Waals surface area contributed by atoms with Gasteiger partial charge in [0.25, 0.3) is 0 Å². The summed E-state index contributed by atoms with van der Waals surface area (Å²) in [6.45, 7) is 3.81. The van der Waals surface area contributed by atoms with E-state index in [4.69, 9.17) is 10.5 Å². The van der Waals surface area contributed by atoms with E-state index < -0.39 is 11.6 Å². The van der Waals surface area contributed by atoms with Crippen LogP contribution in [0.25, 0.3) is 0 Å². The Labute approximate surface area is 117 Å². The first-order valence-corrected chi connectivity index (χ1v) is 6.43. The molecule has 0 radical (unpaired) electrons. The monoisotopic (exact) mass is 277 g/mol. The van der Waals surface area contributed by atoms with Gasteiger partial charge in [-0.25, -0.2) is 8.78 Å². The lowest BCUT2D eigenvalue weighted by Gasteiger charge is -2.12. The third kappa shape index (κ3) is 3.54. The minimum atomic E-state index is -0.718. The van der Waals surface area contributed by atoms with E-state index in [1.165, 1.54) is 6.07 Å². The van der Waals surface area contributed by atoms with Crippen LogP contribution in [-0.2, 0) is 6.42 Å². The molecule has 0 aliphatic heterocycles. The summed E-state index contributed by atoms with van der Waals surface area (Å²) >= 11 is 0. The first kappa shape index (κ1) is 14.5. The molecule has 20 heavy (non-hydrogen) atoms. The summed E-state index contributed by atoms with van der Waals surface area (Å²) in [5.41, 5.74) is 7.74. The highest BCUT2D eigenvalue weighted by Crippen LogP contribution is 2.28. The Bertz CT molecular complexity index is 611. The molecule has 0 bridgehead atoms. The van der Waals surface area contributed by atoms with Crippen LogP contribution in [0.15, 0.2) is 36.4 Å². The van der Waals surface area contributed by atoms with Crippen molar-refractivity contribution in [3.63, 3.8) is 0 Å². The first-order chi connectivity index (χ1) is 9.45. The maximum absolute atomic E-state index is 13.5. The molecule has 0 saturated heterocycles. The van der Waals surface area contributed by atoms with Gasteiger partial charge in [0.2, 0.25) is 0 Å². The predicted octanol–water partition coefficient (Wildman–Crippen LogP) is 3.96. The topological polar surface area (TPSA) is 35.2 Å². The Balaban J connectivity index is 2.21. The Morgan fingerprint density at radius 1 is 1.10 bits per heavy atom. The molecule has 0 aromatic heterocycles. The number of nitrogens with two attached hydrogens (primary N) is 1. The van der Waals surface area contributed by atoms with Crippen LogP contribution in [0.4, 0.5) is 8.78 Å². The van der Waals surface area contributed by atoms with Crippen molar-refractivity contribution in [2.75, 3.05) is 0 Å². The fourth-order valence-corrected chi connectivity index (χ4v) is 2.00. The molecule has 2 N–H and O–H groups in total. The van der Waals surface area contributed by atoms with Gasteiger partial charge in [-0.2, -0.15) is 0 Å². The summed E-state index contributed by atoms with van der Waals surface area (Å²) < 4.78 is 31.9. The smallest absolute Gasteiger partial charge is 0.168 e. The summed E-state index contributed by atoms with van der Waals surface area (Å²) in [6.07, 6.45) is 0.770. The summed E-state index contributed by atoms with van der Waals surface area (Å²) in [5.74, 6) is -0.790. The standard InChI is InChI=1S/C16H17F2NO/c1-10-7-12(8-11(2)19)3-5-15(10)20-16-6-4-13(17)9-14(16)18/h3-7,9,11H,8,19H2,1-2H3. The van der Waals surface area contributed by atoms with Crippen LogP contribution in [0.3, 0.4) is 0 Å². The number of halogens is 2. The fraction of sp³-hybridized carbons (Fsp3) is 0.250. The van der Waals surface area contributed by atoms with Gasteiger partial charge in [0.05, 0.1) is 0 Å². The van der Waals surface area contributed by atoms with Gasteiger partial charge < -0.3 is 10.5 Å². The van der Waals surface area contributed by atoms with Crippen molar-refractivity contribution in [3.05, 3.63) is 59.2 Å². The molecule has 1 atom stereocenters. The fourth-order valence-electron chi connectivity index (χ4n) is 2.00. The number of ether oxygens (including phenoxy) is 1. The van der Waals surface area contributed by atoms with Crippen LogP contribution < -0.4 is 10.5 Å². The van der Waals surface area contributed by atoms with Gasteiger partial charge in [0.15, 0.2) is 11.6 Å². The minimum Gasteiger partial charge on any atom is -0.454 e. The summed E-state index contributed by atoms with van der Waals surface area (Å²) in [4.78, 5) is 0. The van der Waals surface area contributed by atoms with Crippen LogP contribution in [0, 0.1) is 18.6 Å². The number of aryl methyl sites for hydroxylation is 1. The van der Waals surface area contributed by atoms with Crippen molar-refractivity contribution in [1.82, 2.24) is 0 Å². The molecule has 0 saturated carbocycles. The second-order valence-corrected chi connectivity index (χ2v) is 4.96. The lowest BCUT2D eigenvalue weighted by atomic mass is 10.0. The van der Waals surface area contributed by atoms with E-state index in [2.05, 4.69) is 0 Å². The van der Waals surface area contributed by atoms with E-state index in [9.17, 15) is 8.78 Å². The molecule has 2 rings (SSSR count). The normalized spacial score (nSPS) is 12.2. The highest BCUT2D eigenvalue weighted by molar-refractivity contribution is 5.40. The van der Waals surface area contributed by atoms with Crippen molar-refractivity contribution < 1.29 is 13.5 Å². The largest absolute Gasteiger partial charge is 0.454 e. The quantitative estimate of drug-likeness (QED) is 0.918. The van der Waals surface area contributed by atoms with Crippen LogP contribution in [0.2, 0.25) is 0 Å². The maximum Gasteiger partial charge on any atom is 0.168 e. The van der Waals surface area contributed by atoms with Crippen LogP contribution in [0.1, 0.15) is 18.1 Å². The van der Waals surface area contributed by atoms with Gasteiger partial charge in [-0.05, 0) is 49.6 Å². The summed E-state index contributed by atoms with van der Waals surface area (Å²) in [7, 11) is 0. The molecule has 0 aliphatic carbocycles. The van der Waals surface area contributed by atoms with E-state index in [1.54, 1.807) is 6.07 Å². The van der Waals surface area contributed by atoms with Gasteiger partial charge in [-0.3, -0.25) is 0 Å². The van der Waals surface area contributed by atoms with Crippen molar-refractivity contribution in [1.29, 1.82) is 0 Å². The Kier molecular flexibility index (Phi) is 4.35. The molecule has 2 nitrogen and oxygen atoms in total. The zero-order valence-corrected chi connectivity index (χ0v) is 11.5. The molecule has 0 spiro atoms. The van der Waals surface area contributed by atoms with Crippen molar-refractivity contribution >= 4 is 0 Å². The second kappa shape index (κ2) is 6.01. The SMILES string of the molecule is Cc1cc(CC(C)N)ccc1Oc1ccc(F)cc1F. The molecule has 0 fully saturated rings. The maximum atomic E-state index is 13.5. The number of benzene rings is 2. The third-order valence-electron chi connectivity index (χ3n) is 2.91. The third-order valence-corrected chi connectivity index (χ3v) is 2.91. The molecule has 1 unspecified atom stereocenters. The summed E-state index contributed by atoms with van der Waals surface area (Å²) in [6, 6.07) is 8.95. The molecule has 0 heterocycles. The molecule has 4 heteroatoms. The first-order valence-electron chi connectivity index (χ1n) is 6.43. The predicted molar refractivity (Wildman–Crippen MR) is 75.0 cm³/mol. The zero-order chi connectivity index (χ0) is 14.7. The van der Waals surface area contributed by atoms with Gasteiger partial charge in [-0.15, -0.1) is 0 Å². The van der Waals surface area contributed by atoms with E-state index in [1.807, 2.05) is 26.0 Å². The Morgan fingerprint density at radius 3 is 2.40 bits per heavy atom. The van der Waals surface area contributed by atoms with Crippen LogP contribution in [-0.4, -0.2) is 6.04 Å². The number of rotatable bonds is 4. The second-order valence-electron chi connectivity index (χ2n) is 4.96. The molecule has 0 aliphatic rings. The van der Waals surface area contributed by atoms with Gasteiger partial charge >= 0.3 is 0 Å². The zero-order valence-electron chi connectivity index (χ0n) is 11.5. The van der Waals surface area contributed by atoms with Crippen molar-refractivity contribution in [2.24, 2.45) is 5.73 Å². The van der Waals surface area contributed by atoms with E-state index in [-0.39, 0.29) is 11.8 Å². The highest BCUT2D eigenvalue weighted by Gasteiger charge is 2.09. The van der Waals surface area contributed by atoms with Gasteiger partial charge in [0.1, 0.15) is 11.6 Å². The number of hydrogen-bond donors (Lipinski definition) is 1. The van der Waals surface area contributed by atoms with E-state index in [0.717, 1.165) is 29.7 Å². The lowest BCUT2D eigenvalue weighted by Crippen LogP contribution is -2.17. The Hall–Kier alpha value is -1.94. The molecular weight excluding hydrogens is 260 g/mol. The minimum absolute atomic E-state index is 0.00874. The van der Waals surface area contributed by atoms with Crippen LogP contribution in [0.5, 0.6) is 11.5 Å². The molecule has 2 aromatic carbocycles. The van der Waals surface area contributed by atoms with E-state index >= 15 is 0 Å². The van der Waals surface area contributed by atoms with Gasteiger partial charge in [0, 0.05) is 12.1 Å². The van der Waals surface area contributed by atoms with Crippen molar-refractivity contribution in [3.8, 4) is 11.5 Å². The van der Waals surface area contributed by atoms with Gasteiger partial charge in [-0.1, -0.05) is 12.1 Å². The Morgan fingerprint density at radius 2 is 1.80 bits per heavy atom. The molecule has 106 valence electrons. The highest BCUT2D eigenvalue weighted by atomic mass is 19.1. The molecule has 0 amide bonds. The van der Waals surface area contributed by atoms with Crippen LogP contribution >= 0.6 is 0 Å². The molecular formula is C16H17F2NO. The van der Waals surface area contributed by atoms with E-state index in [0.29, 0.717) is 5.75 Å². The summed E-state index contributed by atoms with van der Waals surface area (Å²) in [5, 5.41) is 0. The molecule has 2 aromatic rings. The average Bonchev–Trinajstić information content (AvgIpc) is 2.34. The lowest BCUT2D eigenvalue weighted by molar-refractivity contribution is 0.435. The van der Waals surface area contributed by atoms with Crippen molar-refractivity contribution in [2.45, 2.75) is 26.3 Å². The number of hydrogen-bond acceptors (Lipinski definition) is 2.